The molecule has 3 aromatic rings. The highest BCUT2D eigenvalue weighted by molar-refractivity contribution is 5.74. The van der Waals surface area contributed by atoms with E-state index in [1.165, 1.54) is 22.3 Å². The highest BCUT2D eigenvalue weighted by atomic mass is 14.8. The molecule has 0 bridgehead atoms. The van der Waals surface area contributed by atoms with E-state index >= 15 is 0 Å². The SMILES string of the molecule is Cc1cnc(C2Cc3ccccc3-c3ccccc32)cn1. The topological polar surface area (TPSA) is 25.8 Å². The van der Waals surface area contributed by atoms with E-state index < -0.39 is 0 Å². The van der Waals surface area contributed by atoms with E-state index in [0.29, 0.717) is 5.92 Å². The Hall–Kier alpha value is -2.48. The minimum Gasteiger partial charge on any atom is -0.258 e. The minimum absolute atomic E-state index is 0.296. The molecule has 0 N–H and O–H groups in total. The number of aromatic nitrogens is 2. The molecule has 0 fully saturated rings. The van der Waals surface area contributed by atoms with Crippen molar-refractivity contribution in [3.8, 4) is 11.1 Å². The van der Waals surface area contributed by atoms with Crippen LogP contribution in [0.1, 0.15) is 28.4 Å². The molecule has 0 spiro atoms. The third-order valence-electron chi connectivity index (χ3n) is 4.23. The first kappa shape index (κ1) is 12.3. The van der Waals surface area contributed by atoms with Gasteiger partial charge in [-0.3, -0.25) is 9.97 Å². The van der Waals surface area contributed by atoms with Crippen molar-refractivity contribution in [3.63, 3.8) is 0 Å². The van der Waals surface area contributed by atoms with Gasteiger partial charge in [-0.1, -0.05) is 48.5 Å². The maximum absolute atomic E-state index is 4.61. The van der Waals surface area contributed by atoms with Crippen LogP contribution in [0.5, 0.6) is 0 Å². The third kappa shape index (κ3) is 2.04. The average molecular weight is 272 g/mol. The summed E-state index contributed by atoms with van der Waals surface area (Å²) < 4.78 is 0. The van der Waals surface area contributed by atoms with Crippen LogP contribution >= 0.6 is 0 Å². The number of nitrogens with zero attached hydrogens (tertiary/aromatic N) is 2. The largest absolute Gasteiger partial charge is 0.258 e. The molecule has 102 valence electrons. The third-order valence-corrected chi connectivity index (χ3v) is 4.23. The maximum atomic E-state index is 4.61. The molecule has 0 radical (unpaired) electrons. The summed E-state index contributed by atoms with van der Waals surface area (Å²) >= 11 is 0. The van der Waals surface area contributed by atoms with Crippen LogP contribution in [0.15, 0.2) is 60.9 Å². The van der Waals surface area contributed by atoms with Crippen LogP contribution in [0.2, 0.25) is 0 Å². The van der Waals surface area contributed by atoms with Gasteiger partial charge in [-0.25, -0.2) is 0 Å². The van der Waals surface area contributed by atoms with Gasteiger partial charge in [0.25, 0.3) is 0 Å². The Morgan fingerprint density at radius 3 is 2.43 bits per heavy atom. The molecule has 0 saturated heterocycles. The molecule has 1 heterocycles. The molecule has 2 nitrogen and oxygen atoms in total. The lowest BCUT2D eigenvalue weighted by Crippen LogP contribution is -2.14. The summed E-state index contributed by atoms with van der Waals surface area (Å²) in [5.74, 6) is 0.296. The second-order valence-electron chi connectivity index (χ2n) is 5.58. The Morgan fingerprint density at radius 1 is 0.857 bits per heavy atom. The molecule has 2 heteroatoms. The molecule has 1 aliphatic carbocycles. The second kappa shape index (κ2) is 4.81. The lowest BCUT2D eigenvalue weighted by Gasteiger charge is -2.27. The minimum atomic E-state index is 0.296. The van der Waals surface area contributed by atoms with Crippen molar-refractivity contribution in [3.05, 3.63) is 83.4 Å². The summed E-state index contributed by atoms with van der Waals surface area (Å²) in [6, 6.07) is 17.3. The van der Waals surface area contributed by atoms with Crippen molar-refractivity contribution in [2.75, 3.05) is 0 Å². The van der Waals surface area contributed by atoms with Gasteiger partial charge in [-0.05, 0) is 35.6 Å². The van der Waals surface area contributed by atoms with Crippen LogP contribution in [-0.2, 0) is 6.42 Å². The van der Waals surface area contributed by atoms with E-state index in [0.717, 1.165) is 17.8 Å². The van der Waals surface area contributed by atoms with E-state index in [2.05, 4.69) is 58.5 Å². The Balaban J connectivity index is 1.90. The van der Waals surface area contributed by atoms with Crippen molar-refractivity contribution < 1.29 is 0 Å². The van der Waals surface area contributed by atoms with Crippen molar-refractivity contribution in [1.82, 2.24) is 9.97 Å². The van der Waals surface area contributed by atoms with Crippen molar-refractivity contribution in [2.24, 2.45) is 0 Å². The summed E-state index contributed by atoms with van der Waals surface area (Å²) in [4.78, 5) is 9.03. The van der Waals surface area contributed by atoms with Crippen molar-refractivity contribution in [2.45, 2.75) is 19.3 Å². The molecule has 1 aliphatic rings. The number of benzene rings is 2. The van der Waals surface area contributed by atoms with Gasteiger partial charge in [0.1, 0.15) is 0 Å². The molecule has 21 heavy (non-hydrogen) atoms. The highest BCUT2D eigenvalue weighted by Crippen LogP contribution is 2.41. The Bertz CT molecular complexity index is 791. The fourth-order valence-corrected chi connectivity index (χ4v) is 3.18. The van der Waals surface area contributed by atoms with Crippen LogP contribution < -0.4 is 0 Å². The quantitative estimate of drug-likeness (QED) is 0.665. The van der Waals surface area contributed by atoms with Gasteiger partial charge < -0.3 is 0 Å². The first-order valence-corrected chi connectivity index (χ1v) is 7.28. The van der Waals surface area contributed by atoms with E-state index in [9.17, 15) is 0 Å². The molecule has 1 unspecified atom stereocenters. The standard InChI is InChI=1S/C19H16N2/c1-13-11-21-19(12-20-13)18-10-14-6-2-3-7-15(14)16-8-4-5-9-17(16)18/h2-9,11-12,18H,10H2,1H3. The summed E-state index contributed by atoms with van der Waals surface area (Å²) in [6.45, 7) is 1.97. The Labute approximate surface area is 124 Å². The van der Waals surface area contributed by atoms with Gasteiger partial charge in [0.05, 0.1) is 11.4 Å². The molecule has 0 aliphatic heterocycles. The van der Waals surface area contributed by atoms with Crippen LogP contribution in [-0.4, -0.2) is 9.97 Å². The highest BCUT2D eigenvalue weighted by Gasteiger charge is 2.26. The predicted octanol–water partition coefficient (Wildman–Crippen LogP) is 4.14. The molecule has 0 saturated carbocycles. The number of hydrogen-bond acceptors (Lipinski definition) is 2. The molecule has 1 aromatic heterocycles. The number of fused-ring (bicyclic) bond motifs is 3. The smallest absolute Gasteiger partial charge is 0.0665 e. The van der Waals surface area contributed by atoms with E-state index in [1.54, 1.807) is 0 Å². The number of rotatable bonds is 1. The zero-order chi connectivity index (χ0) is 14.2. The maximum Gasteiger partial charge on any atom is 0.0665 e. The molecule has 1 atom stereocenters. The summed E-state index contributed by atoms with van der Waals surface area (Å²) in [5.41, 5.74) is 7.44. The fourth-order valence-electron chi connectivity index (χ4n) is 3.18. The summed E-state index contributed by atoms with van der Waals surface area (Å²) in [5, 5.41) is 0. The normalized spacial score (nSPS) is 16.1. The molecule has 4 rings (SSSR count). The van der Waals surface area contributed by atoms with E-state index in [4.69, 9.17) is 0 Å². The van der Waals surface area contributed by atoms with Gasteiger partial charge in [-0.2, -0.15) is 0 Å². The lowest BCUT2D eigenvalue weighted by atomic mass is 9.77. The second-order valence-corrected chi connectivity index (χ2v) is 5.58. The lowest BCUT2D eigenvalue weighted by molar-refractivity contribution is 0.754. The van der Waals surface area contributed by atoms with Crippen LogP contribution in [0, 0.1) is 6.92 Å². The predicted molar refractivity (Wildman–Crippen MR) is 84.2 cm³/mol. The molecule has 0 amide bonds. The van der Waals surface area contributed by atoms with Crippen molar-refractivity contribution in [1.29, 1.82) is 0 Å². The Morgan fingerprint density at radius 2 is 1.62 bits per heavy atom. The van der Waals surface area contributed by atoms with E-state index in [-0.39, 0.29) is 0 Å². The zero-order valence-electron chi connectivity index (χ0n) is 12.0. The monoisotopic (exact) mass is 272 g/mol. The van der Waals surface area contributed by atoms with Gasteiger partial charge in [-0.15, -0.1) is 0 Å². The van der Waals surface area contributed by atoms with Crippen LogP contribution in [0.4, 0.5) is 0 Å². The van der Waals surface area contributed by atoms with Crippen LogP contribution in [0.25, 0.3) is 11.1 Å². The Kier molecular flexibility index (Phi) is 2.81. The summed E-state index contributed by atoms with van der Waals surface area (Å²) in [6.07, 6.45) is 4.77. The molecule has 2 aromatic carbocycles. The van der Waals surface area contributed by atoms with Crippen LogP contribution in [0.3, 0.4) is 0 Å². The molecular formula is C19H16N2. The van der Waals surface area contributed by atoms with Gasteiger partial charge in [0.15, 0.2) is 0 Å². The molecular weight excluding hydrogens is 256 g/mol. The van der Waals surface area contributed by atoms with E-state index in [1.807, 2.05) is 19.3 Å². The number of hydrogen-bond donors (Lipinski definition) is 0. The van der Waals surface area contributed by atoms with Gasteiger partial charge in [0.2, 0.25) is 0 Å². The summed E-state index contributed by atoms with van der Waals surface area (Å²) in [7, 11) is 0. The first-order chi connectivity index (χ1) is 10.3. The first-order valence-electron chi connectivity index (χ1n) is 7.28. The number of aryl methyl sites for hydroxylation is 1. The average Bonchev–Trinajstić information content (AvgIpc) is 2.55. The van der Waals surface area contributed by atoms with Gasteiger partial charge >= 0.3 is 0 Å². The van der Waals surface area contributed by atoms with Crippen molar-refractivity contribution >= 4 is 0 Å². The zero-order valence-corrected chi connectivity index (χ0v) is 12.0. The fraction of sp³-hybridized carbons (Fsp3) is 0.158. The van der Waals surface area contributed by atoms with Gasteiger partial charge in [0, 0.05) is 18.3 Å².